The summed E-state index contributed by atoms with van der Waals surface area (Å²) in [5.41, 5.74) is 2.93. The fraction of sp³-hybridized carbons (Fsp3) is 0.381. The van der Waals surface area contributed by atoms with E-state index < -0.39 is 0 Å². The molecule has 2 aromatic rings. The second-order valence-electron chi connectivity index (χ2n) is 6.11. The van der Waals surface area contributed by atoms with E-state index in [2.05, 4.69) is 43.4 Å². The van der Waals surface area contributed by atoms with Gasteiger partial charge in [0, 0.05) is 12.1 Å². The van der Waals surface area contributed by atoms with Crippen LogP contribution in [-0.4, -0.2) is 19.1 Å². The Bertz CT molecular complexity index is 693. The topological polar surface area (TPSA) is 47.6 Å². The molecule has 0 saturated heterocycles. The number of hydrogen-bond donors (Lipinski definition) is 1. The molecule has 2 aromatic carbocycles. The molecule has 4 nitrogen and oxygen atoms in total. The summed E-state index contributed by atoms with van der Waals surface area (Å²) in [6.45, 7) is 9.72. The maximum Gasteiger partial charge on any atom is 0.251 e. The molecule has 0 saturated carbocycles. The summed E-state index contributed by atoms with van der Waals surface area (Å²) in [5, 5.41) is 2.95. The lowest BCUT2D eigenvalue weighted by Gasteiger charge is -2.13. The Hall–Kier alpha value is -2.49. The van der Waals surface area contributed by atoms with Gasteiger partial charge in [0.25, 0.3) is 5.91 Å². The molecule has 0 heterocycles. The number of amides is 1. The van der Waals surface area contributed by atoms with Gasteiger partial charge >= 0.3 is 0 Å². The molecule has 0 aliphatic carbocycles. The molecule has 1 amide bonds. The highest BCUT2D eigenvalue weighted by molar-refractivity contribution is 5.94. The first-order valence-corrected chi connectivity index (χ1v) is 8.81. The van der Waals surface area contributed by atoms with Crippen molar-refractivity contribution in [2.24, 2.45) is 0 Å². The Morgan fingerprint density at radius 2 is 1.60 bits per heavy atom. The predicted molar refractivity (Wildman–Crippen MR) is 100 cm³/mol. The van der Waals surface area contributed by atoms with E-state index in [4.69, 9.17) is 9.47 Å². The Morgan fingerprint density at radius 1 is 0.960 bits per heavy atom. The standard InChI is InChI=1S/C21H27NO3/c1-5-24-19-12-11-18(13-20(19)25-6-2)21(23)22-14-16-7-9-17(10-8-16)15(3)4/h7-13,15H,5-6,14H2,1-4H3,(H,22,23). The highest BCUT2D eigenvalue weighted by Gasteiger charge is 2.11. The van der Waals surface area contributed by atoms with Gasteiger partial charge < -0.3 is 14.8 Å². The molecule has 0 aliphatic rings. The summed E-state index contributed by atoms with van der Waals surface area (Å²) in [7, 11) is 0. The summed E-state index contributed by atoms with van der Waals surface area (Å²) < 4.78 is 11.1. The van der Waals surface area contributed by atoms with Crippen molar-refractivity contribution in [2.75, 3.05) is 13.2 Å². The van der Waals surface area contributed by atoms with Crippen LogP contribution in [0.25, 0.3) is 0 Å². The van der Waals surface area contributed by atoms with Crippen LogP contribution >= 0.6 is 0 Å². The minimum atomic E-state index is -0.128. The second-order valence-corrected chi connectivity index (χ2v) is 6.11. The van der Waals surface area contributed by atoms with Gasteiger partial charge in [-0.2, -0.15) is 0 Å². The van der Waals surface area contributed by atoms with Gasteiger partial charge in [-0.15, -0.1) is 0 Å². The van der Waals surface area contributed by atoms with Crippen molar-refractivity contribution in [1.82, 2.24) is 5.32 Å². The Balaban J connectivity index is 2.03. The minimum absolute atomic E-state index is 0.128. The summed E-state index contributed by atoms with van der Waals surface area (Å²) in [6.07, 6.45) is 0. The zero-order valence-electron chi connectivity index (χ0n) is 15.5. The van der Waals surface area contributed by atoms with Crippen LogP contribution in [0.15, 0.2) is 42.5 Å². The highest BCUT2D eigenvalue weighted by Crippen LogP contribution is 2.28. The molecule has 0 unspecified atom stereocenters. The fourth-order valence-electron chi connectivity index (χ4n) is 2.50. The molecule has 0 spiro atoms. The molecule has 4 heteroatoms. The van der Waals surface area contributed by atoms with Crippen LogP contribution in [0.4, 0.5) is 0 Å². The normalized spacial score (nSPS) is 10.6. The van der Waals surface area contributed by atoms with E-state index >= 15 is 0 Å². The van der Waals surface area contributed by atoms with Gasteiger partial charge in [0.15, 0.2) is 11.5 Å². The largest absolute Gasteiger partial charge is 0.490 e. The average Bonchev–Trinajstić information content (AvgIpc) is 2.62. The molecule has 0 atom stereocenters. The van der Waals surface area contributed by atoms with E-state index in [1.54, 1.807) is 18.2 Å². The first-order chi connectivity index (χ1) is 12.0. The van der Waals surface area contributed by atoms with Crippen LogP contribution in [0.1, 0.15) is 55.1 Å². The van der Waals surface area contributed by atoms with Crippen LogP contribution in [-0.2, 0) is 6.54 Å². The minimum Gasteiger partial charge on any atom is -0.490 e. The summed E-state index contributed by atoms with van der Waals surface area (Å²) in [4.78, 5) is 12.4. The van der Waals surface area contributed by atoms with Gasteiger partial charge in [0.2, 0.25) is 0 Å². The van der Waals surface area contributed by atoms with Gasteiger partial charge in [0.1, 0.15) is 0 Å². The molecular formula is C21H27NO3. The Kier molecular flexibility index (Phi) is 6.87. The number of hydrogen-bond acceptors (Lipinski definition) is 3. The van der Waals surface area contributed by atoms with E-state index in [1.165, 1.54) is 5.56 Å². The Morgan fingerprint density at radius 3 is 2.20 bits per heavy atom. The van der Waals surface area contributed by atoms with Crippen molar-refractivity contribution >= 4 is 5.91 Å². The average molecular weight is 341 g/mol. The number of carbonyl (C=O) groups excluding carboxylic acids is 1. The smallest absolute Gasteiger partial charge is 0.251 e. The van der Waals surface area contributed by atoms with Crippen LogP contribution in [0, 0.1) is 0 Å². The molecule has 2 rings (SSSR count). The first-order valence-electron chi connectivity index (χ1n) is 8.81. The highest BCUT2D eigenvalue weighted by atomic mass is 16.5. The number of ether oxygens (including phenoxy) is 2. The van der Waals surface area contributed by atoms with Gasteiger partial charge in [-0.3, -0.25) is 4.79 Å². The summed E-state index contributed by atoms with van der Waals surface area (Å²) in [5.74, 6) is 1.63. The fourth-order valence-corrected chi connectivity index (χ4v) is 2.50. The van der Waals surface area contributed by atoms with Crippen molar-refractivity contribution in [1.29, 1.82) is 0 Å². The lowest BCUT2D eigenvalue weighted by Crippen LogP contribution is -2.22. The molecule has 25 heavy (non-hydrogen) atoms. The third kappa shape index (κ3) is 5.24. The third-order valence-corrected chi connectivity index (χ3v) is 3.91. The van der Waals surface area contributed by atoms with E-state index in [0.717, 1.165) is 5.56 Å². The molecule has 0 fully saturated rings. The van der Waals surface area contributed by atoms with Crippen molar-refractivity contribution in [3.63, 3.8) is 0 Å². The summed E-state index contributed by atoms with van der Waals surface area (Å²) in [6, 6.07) is 13.6. The van der Waals surface area contributed by atoms with Crippen molar-refractivity contribution in [2.45, 2.75) is 40.2 Å². The van der Waals surface area contributed by atoms with Gasteiger partial charge in [-0.05, 0) is 49.1 Å². The quantitative estimate of drug-likeness (QED) is 0.767. The Labute approximate surface area is 150 Å². The van der Waals surface area contributed by atoms with Gasteiger partial charge in [-0.25, -0.2) is 0 Å². The predicted octanol–water partition coefficient (Wildman–Crippen LogP) is 4.54. The molecule has 0 bridgehead atoms. The SMILES string of the molecule is CCOc1ccc(C(=O)NCc2ccc(C(C)C)cc2)cc1OCC. The molecule has 134 valence electrons. The van der Waals surface area contributed by atoms with Crippen LogP contribution in [0.3, 0.4) is 0 Å². The number of carbonyl (C=O) groups is 1. The molecular weight excluding hydrogens is 314 g/mol. The van der Waals surface area contributed by atoms with Gasteiger partial charge in [0.05, 0.1) is 13.2 Å². The van der Waals surface area contributed by atoms with Gasteiger partial charge in [-0.1, -0.05) is 38.1 Å². The van der Waals surface area contributed by atoms with Crippen LogP contribution < -0.4 is 14.8 Å². The molecule has 0 aliphatic heterocycles. The van der Waals surface area contributed by atoms with E-state index in [1.807, 2.05) is 13.8 Å². The number of benzene rings is 2. The first kappa shape index (κ1) is 18.8. The number of rotatable bonds is 8. The lowest BCUT2D eigenvalue weighted by atomic mass is 10.0. The van der Waals surface area contributed by atoms with Crippen LogP contribution in [0.2, 0.25) is 0 Å². The third-order valence-electron chi connectivity index (χ3n) is 3.91. The zero-order valence-corrected chi connectivity index (χ0v) is 15.5. The molecule has 0 radical (unpaired) electrons. The molecule has 0 aromatic heterocycles. The molecule has 1 N–H and O–H groups in total. The van der Waals surface area contributed by atoms with Crippen molar-refractivity contribution < 1.29 is 14.3 Å². The second kappa shape index (κ2) is 9.11. The maximum atomic E-state index is 12.4. The number of nitrogens with one attached hydrogen (secondary N) is 1. The van der Waals surface area contributed by atoms with E-state index in [9.17, 15) is 4.79 Å². The summed E-state index contributed by atoms with van der Waals surface area (Å²) >= 11 is 0. The van der Waals surface area contributed by atoms with E-state index in [-0.39, 0.29) is 5.91 Å². The maximum absolute atomic E-state index is 12.4. The van der Waals surface area contributed by atoms with E-state index in [0.29, 0.717) is 42.7 Å². The lowest BCUT2D eigenvalue weighted by molar-refractivity contribution is 0.0950. The van der Waals surface area contributed by atoms with Crippen molar-refractivity contribution in [3.05, 3.63) is 59.2 Å². The van der Waals surface area contributed by atoms with Crippen molar-refractivity contribution in [3.8, 4) is 11.5 Å². The van der Waals surface area contributed by atoms with Crippen LogP contribution in [0.5, 0.6) is 11.5 Å². The monoisotopic (exact) mass is 341 g/mol. The zero-order chi connectivity index (χ0) is 18.2.